The quantitative estimate of drug-likeness (QED) is 0.668. The van der Waals surface area contributed by atoms with Crippen molar-refractivity contribution in [2.45, 2.75) is 64.3 Å². The van der Waals surface area contributed by atoms with Crippen LogP contribution >= 0.6 is 0 Å². The van der Waals surface area contributed by atoms with Crippen LogP contribution in [0.1, 0.15) is 58.3 Å². The standard InChI is InChI=1S/C24H38N2O/c1-24-9-4-5-21(24)19-7-6-17-15-18(27-3)16-22(23(17)20(19)8-10-24)26-13-11-25(2)12-14-26/h16,19-22H,4-15H2,1-3H3/t19-,20+,21+,22?,24+/m1/s1. The van der Waals surface area contributed by atoms with Crippen LogP contribution in [-0.4, -0.2) is 56.2 Å². The summed E-state index contributed by atoms with van der Waals surface area (Å²) in [5.74, 6) is 4.02. The lowest BCUT2D eigenvalue weighted by Crippen LogP contribution is -2.52. The van der Waals surface area contributed by atoms with Gasteiger partial charge in [-0.05, 0) is 80.4 Å². The van der Waals surface area contributed by atoms with E-state index in [-0.39, 0.29) is 0 Å². The minimum atomic E-state index is 0.510. The third kappa shape index (κ3) is 3.00. The third-order valence-corrected chi connectivity index (χ3v) is 9.05. The Morgan fingerprint density at radius 2 is 1.89 bits per heavy atom. The summed E-state index contributed by atoms with van der Waals surface area (Å²) in [4.78, 5) is 5.24. The minimum Gasteiger partial charge on any atom is -0.501 e. The van der Waals surface area contributed by atoms with E-state index < -0.39 is 0 Å². The van der Waals surface area contributed by atoms with Crippen LogP contribution < -0.4 is 0 Å². The number of hydrogen-bond acceptors (Lipinski definition) is 3. The van der Waals surface area contributed by atoms with Gasteiger partial charge in [0.1, 0.15) is 0 Å². The summed E-state index contributed by atoms with van der Waals surface area (Å²) in [5, 5.41) is 0. The van der Waals surface area contributed by atoms with Crippen LogP contribution in [0.25, 0.3) is 0 Å². The van der Waals surface area contributed by atoms with Crippen molar-refractivity contribution in [3.8, 4) is 0 Å². The van der Waals surface area contributed by atoms with Crippen molar-refractivity contribution in [1.82, 2.24) is 9.80 Å². The molecule has 1 aliphatic heterocycles. The fourth-order valence-electron chi connectivity index (χ4n) is 7.51. The largest absolute Gasteiger partial charge is 0.501 e. The van der Waals surface area contributed by atoms with E-state index in [9.17, 15) is 0 Å². The summed E-state index contributed by atoms with van der Waals surface area (Å²) in [6, 6.07) is 0.510. The first kappa shape index (κ1) is 18.2. The van der Waals surface area contributed by atoms with Gasteiger partial charge in [-0.25, -0.2) is 0 Å². The molecule has 3 heteroatoms. The van der Waals surface area contributed by atoms with Gasteiger partial charge in [0.15, 0.2) is 0 Å². The highest BCUT2D eigenvalue weighted by molar-refractivity contribution is 5.38. The molecule has 0 aromatic carbocycles. The summed E-state index contributed by atoms with van der Waals surface area (Å²) in [6.45, 7) is 7.41. The molecule has 5 rings (SSSR count). The molecule has 0 spiro atoms. The molecular formula is C24H38N2O. The average Bonchev–Trinajstić information content (AvgIpc) is 3.09. The van der Waals surface area contributed by atoms with Crippen LogP contribution in [0, 0.1) is 23.2 Å². The highest BCUT2D eigenvalue weighted by Gasteiger charge is 2.52. The van der Waals surface area contributed by atoms with Crippen molar-refractivity contribution in [2.24, 2.45) is 23.2 Å². The number of hydrogen-bond donors (Lipinski definition) is 0. The molecule has 1 heterocycles. The number of rotatable bonds is 2. The molecule has 0 N–H and O–H groups in total. The second-order valence-corrected chi connectivity index (χ2v) is 10.4. The highest BCUT2D eigenvalue weighted by Crippen LogP contribution is 2.61. The number of nitrogens with zero attached hydrogens (tertiary/aromatic N) is 2. The maximum atomic E-state index is 5.79. The van der Waals surface area contributed by atoms with Gasteiger partial charge in [0.25, 0.3) is 0 Å². The zero-order chi connectivity index (χ0) is 18.6. The minimum absolute atomic E-state index is 0.510. The maximum absolute atomic E-state index is 5.79. The van der Waals surface area contributed by atoms with E-state index in [0.29, 0.717) is 11.5 Å². The Bertz CT molecular complexity index is 645. The number of methoxy groups -OCH3 is 1. The van der Waals surface area contributed by atoms with E-state index in [4.69, 9.17) is 4.74 Å². The normalized spacial score (nSPS) is 43.0. The number of piperazine rings is 1. The second kappa shape index (κ2) is 6.91. The Kier molecular flexibility index (Phi) is 4.67. The zero-order valence-electron chi connectivity index (χ0n) is 17.7. The summed E-state index contributed by atoms with van der Waals surface area (Å²) < 4.78 is 5.79. The zero-order valence-corrected chi connectivity index (χ0v) is 17.7. The van der Waals surface area contributed by atoms with Crippen molar-refractivity contribution in [3.63, 3.8) is 0 Å². The maximum Gasteiger partial charge on any atom is 0.0975 e. The first-order valence-electron chi connectivity index (χ1n) is 11.5. The van der Waals surface area contributed by atoms with Crippen LogP contribution in [0.2, 0.25) is 0 Å². The van der Waals surface area contributed by atoms with E-state index in [1.165, 1.54) is 76.9 Å². The first-order valence-corrected chi connectivity index (χ1v) is 11.5. The number of likely N-dealkylation sites (N-methyl/N-ethyl adjacent to an activating group) is 1. The van der Waals surface area contributed by atoms with Gasteiger partial charge in [-0.15, -0.1) is 0 Å². The SMILES string of the molecule is COC1=CC(N2CCN(C)CC2)C2=C(CC[C@@H]3[C@@H]2CC[C@]2(C)CCC[C@@H]32)C1. The average molecular weight is 371 g/mol. The first-order chi connectivity index (χ1) is 13.1. The van der Waals surface area contributed by atoms with Gasteiger partial charge in [-0.3, -0.25) is 4.90 Å². The van der Waals surface area contributed by atoms with E-state index >= 15 is 0 Å². The number of allylic oxidation sites excluding steroid dienone is 1. The van der Waals surface area contributed by atoms with Crippen LogP contribution in [-0.2, 0) is 4.74 Å². The monoisotopic (exact) mass is 370 g/mol. The molecular weight excluding hydrogens is 332 g/mol. The summed E-state index contributed by atoms with van der Waals surface area (Å²) in [5.41, 5.74) is 4.26. The van der Waals surface area contributed by atoms with Crippen LogP contribution in [0.5, 0.6) is 0 Å². The fraction of sp³-hybridized carbons (Fsp3) is 0.833. The van der Waals surface area contributed by atoms with Gasteiger partial charge < -0.3 is 9.64 Å². The lowest BCUT2D eigenvalue weighted by atomic mass is 9.54. The van der Waals surface area contributed by atoms with Gasteiger partial charge in [0.2, 0.25) is 0 Å². The Hall–Kier alpha value is -0.800. The van der Waals surface area contributed by atoms with Gasteiger partial charge in [-0.2, -0.15) is 0 Å². The Morgan fingerprint density at radius 3 is 2.67 bits per heavy atom. The van der Waals surface area contributed by atoms with Crippen molar-refractivity contribution >= 4 is 0 Å². The molecule has 4 aliphatic carbocycles. The number of fused-ring (bicyclic) bond motifs is 4. The van der Waals surface area contributed by atoms with E-state index in [1.807, 2.05) is 12.7 Å². The molecule has 0 amide bonds. The lowest BCUT2D eigenvalue weighted by Gasteiger charge is -2.53. The summed E-state index contributed by atoms with van der Waals surface area (Å²) in [7, 11) is 4.13. The smallest absolute Gasteiger partial charge is 0.0975 e. The van der Waals surface area contributed by atoms with Crippen molar-refractivity contribution in [2.75, 3.05) is 40.3 Å². The van der Waals surface area contributed by atoms with Crippen molar-refractivity contribution < 1.29 is 4.74 Å². The molecule has 0 aromatic heterocycles. The molecule has 5 atom stereocenters. The van der Waals surface area contributed by atoms with Gasteiger partial charge in [0, 0.05) is 32.6 Å². The van der Waals surface area contributed by atoms with Gasteiger partial charge in [0.05, 0.1) is 18.9 Å². The van der Waals surface area contributed by atoms with E-state index in [1.54, 1.807) is 5.57 Å². The Morgan fingerprint density at radius 1 is 1.07 bits per heavy atom. The number of ether oxygens (including phenoxy) is 1. The van der Waals surface area contributed by atoms with E-state index in [0.717, 1.165) is 24.2 Å². The molecule has 27 heavy (non-hydrogen) atoms. The van der Waals surface area contributed by atoms with Crippen molar-refractivity contribution in [1.29, 1.82) is 0 Å². The van der Waals surface area contributed by atoms with E-state index in [2.05, 4.69) is 29.8 Å². The van der Waals surface area contributed by atoms with Gasteiger partial charge in [-0.1, -0.05) is 18.9 Å². The van der Waals surface area contributed by atoms with Gasteiger partial charge >= 0.3 is 0 Å². The molecule has 1 saturated heterocycles. The molecule has 3 nitrogen and oxygen atoms in total. The van der Waals surface area contributed by atoms with Crippen LogP contribution in [0.3, 0.4) is 0 Å². The predicted octanol–water partition coefficient (Wildman–Crippen LogP) is 4.46. The molecule has 2 saturated carbocycles. The molecule has 3 fully saturated rings. The van der Waals surface area contributed by atoms with Crippen LogP contribution in [0.15, 0.2) is 23.0 Å². The second-order valence-electron chi connectivity index (χ2n) is 10.4. The molecule has 150 valence electrons. The Labute approximate surface area is 165 Å². The molecule has 0 aromatic rings. The molecule has 0 radical (unpaired) electrons. The molecule has 1 unspecified atom stereocenters. The topological polar surface area (TPSA) is 15.7 Å². The predicted molar refractivity (Wildman–Crippen MR) is 110 cm³/mol. The van der Waals surface area contributed by atoms with Crippen LogP contribution in [0.4, 0.5) is 0 Å². The molecule has 5 aliphatic rings. The fourth-order valence-corrected chi connectivity index (χ4v) is 7.51. The summed E-state index contributed by atoms with van der Waals surface area (Å²) >= 11 is 0. The highest BCUT2D eigenvalue weighted by atomic mass is 16.5. The lowest BCUT2D eigenvalue weighted by molar-refractivity contribution is 0.0334. The summed E-state index contributed by atoms with van der Waals surface area (Å²) in [6.07, 6.45) is 13.7. The van der Waals surface area contributed by atoms with Crippen molar-refractivity contribution in [3.05, 3.63) is 23.0 Å². The molecule has 0 bridgehead atoms. The Balaban J connectivity index is 1.46. The third-order valence-electron chi connectivity index (χ3n) is 9.05.